The highest BCUT2D eigenvalue weighted by Crippen LogP contribution is 2.26. The van der Waals surface area contributed by atoms with E-state index in [1.165, 1.54) is 25.3 Å². The van der Waals surface area contributed by atoms with Gasteiger partial charge in [-0.1, -0.05) is 12.6 Å². The Bertz CT molecular complexity index is 812. The topological polar surface area (TPSA) is 70.2 Å². The lowest BCUT2D eigenvalue weighted by molar-refractivity contribution is -0.111. The van der Waals surface area contributed by atoms with Crippen LogP contribution in [0, 0.1) is 13.8 Å². The van der Waals surface area contributed by atoms with E-state index in [0.29, 0.717) is 5.69 Å². The molecule has 0 saturated carbocycles. The number of rotatable bonds is 5. The van der Waals surface area contributed by atoms with E-state index >= 15 is 0 Å². The molecule has 1 aromatic heterocycles. The van der Waals surface area contributed by atoms with Crippen molar-refractivity contribution in [2.45, 2.75) is 33.1 Å². The SMILES string of the molecule is C=CC(=O)Nc1cccc(Nc2nc(N3CCCCC3)nc(C)c2C)c1. The molecule has 1 fully saturated rings. The molecule has 1 saturated heterocycles. The summed E-state index contributed by atoms with van der Waals surface area (Å²) in [6, 6.07) is 7.54. The number of piperidine rings is 1. The average molecular weight is 351 g/mol. The van der Waals surface area contributed by atoms with Gasteiger partial charge in [0.1, 0.15) is 5.82 Å². The molecule has 6 nitrogen and oxygen atoms in total. The quantitative estimate of drug-likeness (QED) is 0.798. The van der Waals surface area contributed by atoms with Crippen molar-refractivity contribution in [1.82, 2.24) is 9.97 Å². The fourth-order valence-corrected chi connectivity index (χ4v) is 2.98. The van der Waals surface area contributed by atoms with Gasteiger partial charge in [0.05, 0.1) is 0 Å². The van der Waals surface area contributed by atoms with Crippen LogP contribution >= 0.6 is 0 Å². The zero-order valence-electron chi connectivity index (χ0n) is 15.4. The van der Waals surface area contributed by atoms with Crippen molar-refractivity contribution in [3.05, 3.63) is 48.2 Å². The number of nitrogens with zero attached hydrogens (tertiary/aromatic N) is 3. The van der Waals surface area contributed by atoms with E-state index in [1.54, 1.807) is 0 Å². The monoisotopic (exact) mass is 351 g/mol. The molecule has 136 valence electrons. The molecular weight excluding hydrogens is 326 g/mol. The number of aryl methyl sites for hydroxylation is 1. The lowest BCUT2D eigenvalue weighted by Gasteiger charge is -2.27. The highest BCUT2D eigenvalue weighted by atomic mass is 16.1. The zero-order chi connectivity index (χ0) is 18.5. The highest BCUT2D eigenvalue weighted by molar-refractivity contribution is 5.99. The molecule has 0 spiro atoms. The Kier molecular flexibility index (Phi) is 5.51. The van der Waals surface area contributed by atoms with Crippen molar-refractivity contribution in [2.75, 3.05) is 28.6 Å². The summed E-state index contributed by atoms with van der Waals surface area (Å²) in [5, 5.41) is 6.14. The Labute approximate surface area is 154 Å². The Morgan fingerprint density at radius 2 is 1.88 bits per heavy atom. The third kappa shape index (κ3) is 4.20. The van der Waals surface area contributed by atoms with Crippen LogP contribution in [0.1, 0.15) is 30.5 Å². The summed E-state index contributed by atoms with van der Waals surface area (Å²) < 4.78 is 0. The standard InChI is InChI=1S/C20H25N5O/c1-4-18(26)22-16-9-8-10-17(13-16)23-19-14(2)15(3)21-20(24-19)25-11-6-5-7-12-25/h4,8-10,13H,1,5-7,11-12H2,2-3H3,(H,22,26)(H,21,23,24). The summed E-state index contributed by atoms with van der Waals surface area (Å²) in [7, 11) is 0. The number of nitrogens with one attached hydrogen (secondary N) is 2. The molecule has 1 aromatic carbocycles. The molecule has 26 heavy (non-hydrogen) atoms. The summed E-state index contributed by atoms with van der Waals surface area (Å²) in [4.78, 5) is 23.2. The van der Waals surface area contributed by atoms with E-state index in [4.69, 9.17) is 4.98 Å². The van der Waals surface area contributed by atoms with Crippen LogP contribution in [0.5, 0.6) is 0 Å². The predicted molar refractivity (Wildman–Crippen MR) is 106 cm³/mol. The number of carbonyl (C=O) groups is 1. The maximum Gasteiger partial charge on any atom is 0.247 e. The summed E-state index contributed by atoms with van der Waals surface area (Å²) >= 11 is 0. The highest BCUT2D eigenvalue weighted by Gasteiger charge is 2.16. The van der Waals surface area contributed by atoms with Gasteiger partial charge in [-0.3, -0.25) is 4.79 Å². The first-order chi connectivity index (χ1) is 12.6. The van der Waals surface area contributed by atoms with Crippen LogP contribution in [0.25, 0.3) is 0 Å². The smallest absolute Gasteiger partial charge is 0.247 e. The third-order valence-electron chi connectivity index (χ3n) is 4.59. The molecule has 0 aliphatic carbocycles. The molecule has 2 heterocycles. The lowest BCUT2D eigenvalue weighted by Crippen LogP contribution is -2.31. The Balaban J connectivity index is 1.84. The number of amides is 1. The zero-order valence-corrected chi connectivity index (χ0v) is 15.4. The first-order valence-corrected chi connectivity index (χ1v) is 8.97. The Morgan fingerprint density at radius 3 is 2.62 bits per heavy atom. The van der Waals surface area contributed by atoms with Gasteiger partial charge in [0.2, 0.25) is 11.9 Å². The molecule has 2 aromatic rings. The van der Waals surface area contributed by atoms with Gasteiger partial charge in [-0.25, -0.2) is 4.98 Å². The number of carbonyl (C=O) groups excluding carboxylic acids is 1. The molecule has 0 unspecified atom stereocenters. The molecule has 0 atom stereocenters. The van der Waals surface area contributed by atoms with Crippen molar-refractivity contribution >= 4 is 29.0 Å². The number of hydrogen-bond donors (Lipinski definition) is 2. The summed E-state index contributed by atoms with van der Waals surface area (Å²) in [6.07, 6.45) is 4.90. The summed E-state index contributed by atoms with van der Waals surface area (Å²) in [5.41, 5.74) is 3.56. The van der Waals surface area contributed by atoms with Crippen molar-refractivity contribution in [1.29, 1.82) is 0 Å². The minimum Gasteiger partial charge on any atom is -0.341 e. The van der Waals surface area contributed by atoms with Gasteiger partial charge >= 0.3 is 0 Å². The van der Waals surface area contributed by atoms with E-state index in [-0.39, 0.29) is 5.91 Å². The summed E-state index contributed by atoms with van der Waals surface area (Å²) in [6.45, 7) is 9.51. The van der Waals surface area contributed by atoms with E-state index < -0.39 is 0 Å². The Hall–Kier alpha value is -2.89. The van der Waals surface area contributed by atoms with Gasteiger partial charge in [-0.05, 0) is 57.4 Å². The Morgan fingerprint density at radius 1 is 1.15 bits per heavy atom. The van der Waals surface area contributed by atoms with Gasteiger partial charge in [-0.15, -0.1) is 0 Å². The second-order valence-electron chi connectivity index (χ2n) is 6.53. The summed E-state index contributed by atoms with van der Waals surface area (Å²) in [5.74, 6) is 1.35. The minimum absolute atomic E-state index is 0.233. The fourth-order valence-electron chi connectivity index (χ4n) is 2.98. The van der Waals surface area contributed by atoms with Crippen LogP contribution in [0.4, 0.5) is 23.1 Å². The number of aromatic nitrogens is 2. The van der Waals surface area contributed by atoms with Gasteiger partial charge in [-0.2, -0.15) is 4.98 Å². The molecule has 1 aliphatic rings. The van der Waals surface area contributed by atoms with Crippen LogP contribution in [-0.2, 0) is 4.79 Å². The second-order valence-corrected chi connectivity index (χ2v) is 6.53. The van der Waals surface area contributed by atoms with Crippen LogP contribution in [0.15, 0.2) is 36.9 Å². The normalized spacial score (nSPS) is 14.0. The minimum atomic E-state index is -0.233. The van der Waals surface area contributed by atoms with Crippen molar-refractivity contribution < 1.29 is 4.79 Å². The van der Waals surface area contributed by atoms with Crippen molar-refractivity contribution in [2.24, 2.45) is 0 Å². The van der Waals surface area contributed by atoms with Crippen LogP contribution in [0.2, 0.25) is 0 Å². The molecule has 0 bridgehead atoms. The number of benzene rings is 1. The van der Waals surface area contributed by atoms with E-state index in [0.717, 1.165) is 41.8 Å². The maximum absolute atomic E-state index is 11.5. The average Bonchev–Trinajstić information content (AvgIpc) is 2.66. The van der Waals surface area contributed by atoms with Gasteiger partial charge in [0.15, 0.2) is 0 Å². The molecule has 0 radical (unpaired) electrons. The molecule has 1 aliphatic heterocycles. The van der Waals surface area contributed by atoms with Crippen LogP contribution < -0.4 is 15.5 Å². The number of anilines is 4. The van der Waals surface area contributed by atoms with Crippen molar-refractivity contribution in [3.63, 3.8) is 0 Å². The molecule has 6 heteroatoms. The number of hydrogen-bond acceptors (Lipinski definition) is 5. The molecule has 3 rings (SSSR count). The van der Waals surface area contributed by atoms with Gasteiger partial charge < -0.3 is 15.5 Å². The van der Waals surface area contributed by atoms with E-state index in [9.17, 15) is 4.79 Å². The van der Waals surface area contributed by atoms with Crippen molar-refractivity contribution in [3.8, 4) is 0 Å². The van der Waals surface area contributed by atoms with Crippen LogP contribution in [0.3, 0.4) is 0 Å². The first kappa shape index (κ1) is 17.9. The van der Waals surface area contributed by atoms with Gasteiger partial charge in [0, 0.05) is 35.7 Å². The van der Waals surface area contributed by atoms with Crippen LogP contribution in [-0.4, -0.2) is 29.0 Å². The first-order valence-electron chi connectivity index (χ1n) is 8.97. The fraction of sp³-hybridized carbons (Fsp3) is 0.350. The van der Waals surface area contributed by atoms with Gasteiger partial charge in [0.25, 0.3) is 0 Å². The molecule has 1 amide bonds. The van der Waals surface area contributed by atoms with E-state index in [2.05, 4.69) is 27.1 Å². The lowest BCUT2D eigenvalue weighted by atomic mass is 10.1. The maximum atomic E-state index is 11.5. The molecular formula is C20H25N5O. The largest absolute Gasteiger partial charge is 0.341 e. The predicted octanol–water partition coefficient (Wildman–Crippen LogP) is 3.95. The van der Waals surface area contributed by atoms with E-state index in [1.807, 2.05) is 38.1 Å². The third-order valence-corrected chi connectivity index (χ3v) is 4.59. The second kappa shape index (κ2) is 7.99. The molecule has 2 N–H and O–H groups in total.